The molecule has 0 radical (unpaired) electrons. The Kier molecular flexibility index (Phi) is 7.37. The average molecular weight is 487 g/mol. The molecular formula is C22H19BrN2O4S. The van der Waals surface area contributed by atoms with E-state index in [-0.39, 0.29) is 24.1 Å². The first kappa shape index (κ1) is 21.7. The van der Waals surface area contributed by atoms with Gasteiger partial charge >= 0.3 is 5.97 Å². The molecule has 3 aromatic rings. The highest BCUT2D eigenvalue weighted by atomic mass is 79.9. The normalized spacial score (nSPS) is 11.4. The van der Waals surface area contributed by atoms with Crippen molar-refractivity contribution in [1.82, 2.24) is 5.32 Å². The Balaban J connectivity index is 1.47. The highest BCUT2D eigenvalue weighted by Gasteiger charge is 2.14. The number of esters is 1. The van der Waals surface area contributed by atoms with Crippen molar-refractivity contribution in [2.75, 3.05) is 11.9 Å². The number of amides is 2. The van der Waals surface area contributed by atoms with Gasteiger partial charge in [0.15, 0.2) is 6.61 Å². The van der Waals surface area contributed by atoms with Crippen molar-refractivity contribution in [2.45, 2.75) is 13.0 Å². The predicted molar refractivity (Wildman–Crippen MR) is 120 cm³/mol. The van der Waals surface area contributed by atoms with Crippen LogP contribution in [0.2, 0.25) is 0 Å². The topological polar surface area (TPSA) is 84.5 Å². The summed E-state index contributed by atoms with van der Waals surface area (Å²) in [6, 6.07) is 17.2. The number of benzene rings is 2. The summed E-state index contributed by atoms with van der Waals surface area (Å²) >= 11 is 4.71. The van der Waals surface area contributed by atoms with Crippen LogP contribution < -0.4 is 10.6 Å². The molecule has 2 amide bonds. The Bertz CT molecular complexity index is 1020. The Hall–Kier alpha value is -2.97. The van der Waals surface area contributed by atoms with E-state index in [4.69, 9.17) is 4.74 Å². The highest BCUT2D eigenvalue weighted by molar-refractivity contribution is 9.10. The lowest BCUT2D eigenvalue weighted by Gasteiger charge is -2.14. The lowest BCUT2D eigenvalue weighted by Crippen LogP contribution is -2.31. The molecule has 0 spiro atoms. The third kappa shape index (κ3) is 6.01. The monoisotopic (exact) mass is 486 g/mol. The van der Waals surface area contributed by atoms with Gasteiger partial charge in [0.1, 0.15) is 0 Å². The molecule has 0 fully saturated rings. The first-order chi connectivity index (χ1) is 14.4. The van der Waals surface area contributed by atoms with E-state index in [0.717, 1.165) is 10.0 Å². The van der Waals surface area contributed by atoms with Crippen LogP contribution in [0, 0.1) is 0 Å². The summed E-state index contributed by atoms with van der Waals surface area (Å²) in [7, 11) is 0. The van der Waals surface area contributed by atoms with Crippen LogP contribution in [0.4, 0.5) is 5.69 Å². The number of hydrogen-bond acceptors (Lipinski definition) is 5. The van der Waals surface area contributed by atoms with Gasteiger partial charge in [0, 0.05) is 10.2 Å². The molecule has 8 heteroatoms. The number of nitrogens with one attached hydrogen (secondary N) is 2. The van der Waals surface area contributed by atoms with Crippen LogP contribution >= 0.6 is 27.3 Å². The highest BCUT2D eigenvalue weighted by Crippen LogP contribution is 2.17. The number of rotatable bonds is 7. The van der Waals surface area contributed by atoms with E-state index in [1.54, 1.807) is 24.3 Å². The molecule has 1 heterocycles. The van der Waals surface area contributed by atoms with Crippen molar-refractivity contribution in [1.29, 1.82) is 0 Å². The van der Waals surface area contributed by atoms with E-state index in [0.29, 0.717) is 10.6 Å². The van der Waals surface area contributed by atoms with Crippen molar-refractivity contribution >= 4 is 50.7 Å². The minimum Gasteiger partial charge on any atom is -0.452 e. The standard InChI is InChI=1S/C22H19BrN2O4S/c1-14(15-4-8-17(23)9-5-15)24-20(26)13-29-22(28)16-6-10-18(11-7-16)25-21(27)19-3-2-12-30-19/h2-12,14H,13H2,1H3,(H,24,26)(H,25,27). The van der Waals surface area contributed by atoms with Crippen LogP contribution in [0.25, 0.3) is 0 Å². The molecule has 0 saturated carbocycles. The number of anilines is 1. The maximum atomic E-state index is 12.2. The maximum absolute atomic E-state index is 12.2. The SMILES string of the molecule is CC(NC(=O)COC(=O)c1ccc(NC(=O)c2cccs2)cc1)c1ccc(Br)cc1. The van der Waals surface area contributed by atoms with Gasteiger partial charge in [-0.2, -0.15) is 0 Å². The average Bonchev–Trinajstić information content (AvgIpc) is 3.28. The zero-order valence-corrected chi connectivity index (χ0v) is 18.5. The fraction of sp³-hybridized carbons (Fsp3) is 0.136. The number of ether oxygens (including phenoxy) is 1. The van der Waals surface area contributed by atoms with Crippen molar-refractivity contribution in [3.63, 3.8) is 0 Å². The summed E-state index contributed by atoms with van der Waals surface area (Å²) in [5, 5.41) is 7.37. The molecule has 6 nitrogen and oxygen atoms in total. The fourth-order valence-electron chi connectivity index (χ4n) is 2.62. The quantitative estimate of drug-likeness (QED) is 0.469. The molecule has 0 aliphatic carbocycles. The van der Waals surface area contributed by atoms with Gasteiger partial charge < -0.3 is 15.4 Å². The second-order valence-corrected chi connectivity index (χ2v) is 8.29. The van der Waals surface area contributed by atoms with Gasteiger partial charge in [0.2, 0.25) is 0 Å². The number of thiophene rings is 1. The van der Waals surface area contributed by atoms with Gasteiger partial charge in [-0.15, -0.1) is 11.3 Å². The van der Waals surface area contributed by atoms with Crippen LogP contribution in [-0.2, 0) is 9.53 Å². The zero-order chi connectivity index (χ0) is 21.5. The van der Waals surface area contributed by atoms with E-state index >= 15 is 0 Å². The third-order valence-corrected chi connectivity index (χ3v) is 5.60. The van der Waals surface area contributed by atoms with Crippen molar-refractivity contribution in [3.8, 4) is 0 Å². The van der Waals surface area contributed by atoms with E-state index in [2.05, 4.69) is 26.6 Å². The Labute approximate surface area is 186 Å². The maximum Gasteiger partial charge on any atom is 0.338 e. The second kappa shape index (κ2) is 10.2. The summed E-state index contributed by atoms with van der Waals surface area (Å²) in [4.78, 5) is 36.9. The lowest BCUT2D eigenvalue weighted by atomic mass is 10.1. The molecule has 3 rings (SSSR count). The number of hydrogen-bond donors (Lipinski definition) is 2. The minimum atomic E-state index is -0.613. The van der Waals surface area contributed by atoms with Crippen molar-refractivity contribution in [3.05, 3.63) is 86.5 Å². The van der Waals surface area contributed by atoms with Crippen LogP contribution in [0.5, 0.6) is 0 Å². The van der Waals surface area contributed by atoms with Gasteiger partial charge in [-0.1, -0.05) is 34.1 Å². The first-order valence-electron chi connectivity index (χ1n) is 9.09. The number of halogens is 1. The Morgan fingerprint density at radius 1 is 1.03 bits per heavy atom. The van der Waals surface area contributed by atoms with E-state index in [1.807, 2.05) is 36.6 Å². The molecule has 0 aliphatic rings. The van der Waals surface area contributed by atoms with Gasteiger partial charge in [0.25, 0.3) is 11.8 Å². The Morgan fingerprint density at radius 2 is 1.73 bits per heavy atom. The molecule has 0 aliphatic heterocycles. The van der Waals surface area contributed by atoms with Gasteiger partial charge in [0.05, 0.1) is 16.5 Å². The lowest BCUT2D eigenvalue weighted by molar-refractivity contribution is -0.124. The summed E-state index contributed by atoms with van der Waals surface area (Å²) < 4.78 is 6.04. The zero-order valence-electron chi connectivity index (χ0n) is 16.1. The van der Waals surface area contributed by atoms with Crippen LogP contribution in [-0.4, -0.2) is 24.4 Å². The molecule has 1 unspecified atom stereocenters. The molecule has 154 valence electrons. The van der Waals surface area contributed by atoms with E-state index < -0.39 is 11.9 Å². The van der Waals surface area contributed by atoms with Gasteiger partial charge in [-0.3, -0.25) is 9.59 Å². The summed E-state index contributed by atoms with van der Waals surface area (Å²) in [6.07, 6.45) is 0. The number of carbonyl (C=O) groups excluding carboxylic acids is 3. The van der Waals surface area contributed by atoms with Crippen LogP contribution in [0.3, 0.4) is 0 Å². The van der Waals surface area contributed by atoms with Gasteiger partial charge in [-0.05, 0) is 60.3 Å². The number of carbonyl (C=O) groups is 3. The summed E-state index contributed by atoms with van der Waals surface area (Å²) in [5.41, 5.74) is 1.79. The summed E-state index contributed by atoms with van der Waals surface area (Å²) in [5.74, 6) is -1.21. The van der Waals surface area contributed by atoms with Crippen molar-refractivity contribution < 1.29 is 19.1 Å². The molecule has 2 N–H and O–H groups in total. The summed E-state index contributed by atoms with van der Waals surface area (Å²) in [6.45, 7) is 1.47. The van der Waals surface area contributed by atoms with Crippen molar-refractivity contribution in [2.24, 2.45) is 0 Å². The fourth-order valence-corrected chi connectivity index (χ4v) is 3.51. The molecule has 0 saturated heterocycles. The molecule has 2 aromatic carbocycles. The molecule has 30 heavy (non-hydrogen) atoms. The van der Waals surface area contributed by atoms with Crippen LogP contribution in [0.1, 0.15) is 38.6 Å². The largest absolute Gasteiger partial charge is 0.452 e. The third-order valence-electron chi connectivity index (χ3n) is 4.21. The van der Waals surface area contributed by atoms with E-state index in [1.165, 1.54) is 23.5 Å². The minimum absolute atomic E-state index is 0.211. The molecule has 0 bridgehead atoms. The smallest absolute Gasteiger partial charge is 0.338 e. The molecule has 1 atom stereocenters. The second-order valence-electron chi connectivity index (χ2n) is 6.43. The molecular weight excluding hydrogens is 468 g/mol. The Morgan fingerprint density at radius 3 is 2.37 bits per heavy atom. The van der Waals surface area contributed by atoms with Crippen LogP contribution in [0.15, 0.2) is 70.5 Å². The van der Waals surface area contributed by atoms with E-state index in [9.17, 15) is 14.4 Å². The molecule has 1 aromatic heterocycles. The predicted octanol–water partition coefficient (Wildman–Crippen LogP) is 4.80. The first-order valence-corrected chi connectivity index (χ1v) is 10.8. The van der Waals surface area contributed by atoms with Gasteiger partial charge in [-0.25, -0.2) is 4.79 Å².